The molecule has 1 saturated heterocycles. The minimum atomic E-state index is -0.985. The lowest BCUT2D eigenvalue weighted by Gasteiger charge is -2.26. The second-order valence-corrected chi connectivity index (χ2v) is 4.61. The molecule has 1 amide bonds. The normalized spacial score (nSPS) is 24.0. The van der Waals surface area contributed by atoms with Crippen LogP contribution in [0.5, 0.6) is 0 Å². The highest BCUT2D eigenvalue weighted by atomic mass is 35.5. The van der Waals surface area contributed by atoms with Gasteiger partial charge in [-0.05, 0) is 30.5 Å². The van der Waals surface area contributed by atoms with Gasteiger partial charge in [-0.15, -0.1) is 0 Å². The van der Waals surface area contributed by atoms with Crippen LogP contribution in [0, 0.1) is 0 Å². The lowest BCUT2D eigenvalue weighted by Crippen LogP contribution is -2.38. The van der Waals surface area contributed by atoms with Crippen LogP contribution in [0.2, 0.25) is 5.02 Å². The molecule has 0 aromatic heterocycles. The molecule has 2 rings (SSSR count). The average molecular weight is 256 g/mol. The third-order valence-electron chi connectivity index (χ3n) is 3.19. The van der Waals surface area contributed by atoms with Crippen LogP contribution >= 0.6 is 11.6 Å². The highest BCUT2D eigenvalue weighted by Crippen LogP contribution is 2.36. The summed E-state index contributed by atoms with van der Waals surface area (Å²) in [5.74, 6) is 0. The standard InChI is InChI=1S/C12H14ClNO3/c13-9-3-1-8(2-4-9)11-6-5-10(7-15)14(11)12(16)17/h1-4,10-11,15H,5-7H2,(H,16,17)/t10-,11+/m1/s1. The Kier molecular flexibility index (Phi) is 3.54. The fraction of sp³-hybridized carbons (Fsp3) is 0.417. The lowest BCUT2D eigenvalue weighted by atomic mass is 10.1. The van der Waals surface area contributed by atoms with Crippen LogP contribution in [0.15, 0.2) is 24.3 Å². The molecule has 5 heteroatoms. The lowest BCUT2D eigenvalue weighted by molar-refractivity contribution is 0.0998. The first-order valence-corrected chi connectivity index (χ1v) is 5.89. The molecule has 1 aromatic rings. The van der Waals surface area contributed by atoms with E-state index < -0.39 is 6.09 Å². The number of hydrogen-bond acceptors (Lipinski definition) is 2. The van der Waals surface area contributed by atoms with Gasteiger partial charge in [0.05, 0.1) is 18.7 Å². The number of nitrogens with zero attached hydrogens (tertiary/aromatic N) is 1. The minimum absolute atomic E-state index is 0.129. The van der Waals surface area contributed by atoms with Crippen molar-refractivity contribution in [1.82, 2.24) is 4.90 Å². The zero-order chi connectivity index (χ0) is 12.4. The molecule has 0 bridgehead atoms. The van der Waals surface area contributed by atoms with Gasteiger partial charge in [0, 0.05) is 5.02 Å². The molecular formula is C12H14ClNO3. The molecule has 0 saturated carbocycles. The summed E-state index contributed by atoms with van der Waals surface area (Å²) < 4.78 is 0. The first-order valence-electron chi connectivity index (χ1n) is 5.51. The van der Waals surface area contributed by atoms with Crippen molar-refractivity contribution < 1.29 is 15.0 Å². The molecule has 4 nitrogen and oxygen atoms in total. The van der Waals surface area contributed by atoms with E-state index in [9.17, 15) is 9.90 Å². The molecule has 17 heavy (non-hydrogen) atoms. The average Bonchev–Trinajstić information content (AvgIpc) is 2.73. The summed E-state index contributed by atoms with van der Waals surface area (Å²) in [7, 11) is 0. The molecule has 1 aliphatic rings. The van der Waals surface area contributed by atoms with Crippen LogP contribution < -0.4 is 0 Å². The van der Waals surface area contributed by atoms with Gasteiger partial charge >= 0.3 is 6.09 Å². The van der Waals surface area contributed by atoms with E-state index in [4.69, 9.17) is 16.7 Å². The summed E-state index contributed by atoms with van der Waals surface area (Å²) in [6.45, 7) is -0.129. The van der Waals surface area contributed by atoms with Crippen molar-refractivity contribution in [2.24, 2.45) is 0 Å². The van der Waals surface area contributed by atoms with Gasteiger partial charge in [0.2, 0.25) is 0 Å². The monoisotopic (exact) mass is 255 g/mol. The van der Waals surface area contributed by atoms with E-state index in [-0.39, 0.29) is 18.7 Å². The Morgan fingerprint density at radius 3 is 2.53 bits per heavy atom. The first kappa shape index (κ1) is 12.2. The van der Waals surface area contributed by atoms with Crippen LogP contribution in [0.1, 0.15) is 24.4 Å². The SMILES string of the molecule is O=C(O)N1[C@@H](CO)CC[C@H]1c1ccc(Cl)cc1. The Bertz CT molecular complexity index is 407. The molecule has 0 unspecified atom stereocenters. The van der Waals surface area contributed by atoms with Crippen LogP contribution in [0.3, 0.4) is 0 Å². The minimum Gasteiger partial charge on any atom is -0.465 e. The van der Waals surface area contributed by atoms with E-state index in [2.05, 4.69) is 0 Å². The van der Waals surface area contributed by atoms with Gasteiger partial charge in [-0.2, -0.15) is 0 Å². The third-order valence-corrected chi connectivity index (χ3v) is 3.44. The number of amides is 1. The fourth-order valence-electron chi connectivity index (χ4n) is 2.36. The molecule has 2 N–H and O–H groups in total. The molecule has 92 valence electrons. The highest BCUT2D eigenvalue weighted by Gasteiger charge is 2.37. The molecule has 1 aromatic carbocycles. The van der Waals surface area contributed by atoms with E-state index in [1.54, 1.807) is 12.1 Å². The van der Waals surface area contributed by atoms with E-state index in [1.807, 2.05) is 12.1 Å². The Balaban J connectivity index is 2.26. The molecular weight excluding hydrogens is 242 g/mol. The third kappa shape index (κ3) is 2.37. The van der Waals surface area contributed by atoms with Crippen molar-refractivity contribution in [3.05, 3.63) is 34.9 Å². The summed E-state index contributed by atoms with van der Waals surface area (Å²) in [6.07, 6.45) is 0.441. The van der Waals surface area contributed by atoms with Gasteiger partial charge in [-0.3, -0.25) is 4.90 Å². The molecule has 0 radical (unpaired) electrons. The van der Waals surface area contributed by atoms with Gasteiger partial charge in [-0.1, -0.05) is 23.7 Å². The number of carboxylic acid groups (broad SMARTS) is 1. The number of aliphatic hydroxyl groups is 1. The van der Waals surface area contributed by atoms with E-state index >= 15 is 0 Å². The van der Waals surface area contributed by atoms with Gasteiger partial charge < -0.3 is 10.2 Å². The van der Waals surface area contributed by atoms with E-state index in [1.165, 1.54) is 4.90 Å². The van der Waals surface area contributed by atoms with Crippen molar-refractivity contribution in [3.63, 3.8) is 0 Å². The number of likely N-dealkylation sites (tertiary alicyclic amines) is 1. The van der Waals surface area contributed by atoms with Gasteiger partial charge in [-0.25, -0.2) is 4.79 Å². The van der Waals surface area contributed by atoms with Crippen molar-refractivity contribution in [2.45, 2.75) is 24.9 Å². The van der Waals surface area contributed by atoms with Gasteiger partial charge in [0.1, 0.15) is 0 Å². The number of rotatable bonds is 2. The van der Waals surface area contributed by atoms with E-state index in [0.29, 0.717) is 11.4 Å². The predicted molar refractivity (Wildman–Crippen MR) is 64.2 cm³/mol. The second kappa shape index (κ2) is 4.94. The van der Waals surface area contributed by atoms with Crippen molar-refractivity contribution >= 4 is 17.7 Å². The number of aliphatic hydroxyl groups excluding tert-OH is 1. The topological polar surface area (TPSA) is 60.8 Å². The molecule has 1 heterocycles. The summed E-state index contributed by atoms with van der Waals surface area (Å²) in [6, 6.07) is 6.70. The smallest absolute Gasteiger partial charge is 0.408 e. The van der Waals surface area contributed by atoms with Crippen LogP contribution in [0.4, 0.5) is 4.79 Å². The number of halogens is 1. The summed E-state index contributed by atoms with van der Waals surface area (Å²) >= 11 is 5.80. The Morgan fingerprint density at radius 1 is 1.35 bits per heavy atom. The van der Waals surface area contributed by atoms with Crippen molar-refractivity contribution in [2.75, 3.05) is 6.61 Å². The van der Waals surface area contributed by atoms with E-state index in [0.717, 1.165) is 12.0 Å². The van der Waals surface area contributed by atoms with Gasteiger partial charge in [0.25, 0.3) is 0 Å². The maximum absolute atomic E-state index is 11.2. The maximum atomic E-state index is 11.2. The maximum Gasteiger partial charge on any atom is 0.408 e. The molecule has 1 fully saturated rings. The zero-order valence-corrected chi connectivity index (χ0v) is 9.97. The second-order valence-electron chi connectivity index (χ2n) is 4.17. The highest BCUT2D eigenvalue weighted by molar-refractivity contribution is 6.30. The van der Waals surface area contributed by atoms with Crippen LogP contribution in [0.25, 0.3) is 0 Å². The first-order chi connectivity index (χ1) is 8.13. The van der Waals surface area contributed by atoms with Crippen LogP contribution in [-0.4, -0.2) is 33.9 Å². The molecule has 2 atom stereocenters. The zero-order valence-electron chi connectivity index (χ0n) is 9.21. The van der Waals surface area contributed by atoms with Crippen LogP contribution in [-0.2, 0) is 0 Å². The predicted octanol–water partition coefficient (Wildman–Crippen LogP) is 2.52. The summed E-state index contributed by atoms with van der Waals surface area (Å²) in [5.41, 5.74) is 0.924. The molecule has 0 aliphatic carbocycles. The Morgan fingerprint density at radius 2 is 2.00 bits per heavy atom. The number of hydrogen-bond donors (Lipinski definition) is 2. The number of benzene rings is 1. The summed E-state index contributed by atoms with van der Waals surface area (Å²) in [5, 5.41) is 19.0. The number of carbonyl (C=O) groups is 1. The van der Waals surface area contributed by atoms with Crippen molar-refractivity contribution in [1.29, 1.82) is 0 Å². The largest absolute Gasteiger partial charge is 0.465 e. The van der Waals surface area contributed by atoms with Gasteiger partial charge in [0.15, 0.2) is 0 Å². The quantitative estimate of drug-likeness (QED) is 0.854. The molecule has 0 spiro atoms. The summed E-state index contributed by atoms with van der Waals surface area (Å²) in [4.78, 5) is 12.5. The Hall–Kier alpha value is -1.26. The molecule has 1 aliphatic heterocycles. The Labute approximate surface area is 104 Å². The van der Waals surface area contributed by atoms with Crippen molar-refractivity contribution in [3.8, 4) is 0 Å². The fourth-order valence-corrected chi connectivity index (χ4v) is 2.49.